The van der Waals surface area contributed by atoms with Gasteiger partial charge in [-0.15, -0.1) is 11.3 Å². The average Bonchev–Trinajstić information content (AvgIpc) is 3.21. The van der Waals surface area contributed by atoms with Crippen LogP contribution in [0.2, 0.25) is 0 Å². The van der Waals surface area contributed by atoms with Crippen molar-refractivity contribution in [1.82, 2.24) is 4.98 Å². The fourth-order valence-corrected chi connectivity index (χ4v) is 5.24. The lowest BCUT2D eigenvalue weighted by Gasteiger charge is -2.15. The highest BCUT2D eigenvalue weighted by Crippen LogP contribution is 2.32. The zero-order chi connectivity index (χ0) is 24.3. The lowest BCUT2D eigenvalue weighted by atomic mass is 10.0. The molecule has 10 heteroatoms. The number of nitrogens with one attached hydrogen (secondary N) is 1. The van der Waals surface area contributed by atoms with E-state index in [-0.39, 0.29) is 17.4 Å². The molecule has 0 radical (unpaired) electrons. The van der Waals surface area contributed by atoms with Crippen LogP contribution in [0.15, 0.2) is 47.4 Å². The summed E-state index contributed by atoms with van der Waals surface area (Å²) in [5, 5.41) is 12.8. The molecule has 0 fully saturated rings. The number of nitrogens with zero attached hydrogens (tertiary/aromatic N) is 1. The molecule has 180 valence electrons. The number of rotatable bonds is 8. The van der Waals surface area contributed by atoms with Gasteiger partial charge in [-0.25, -0.2) is 13.4 Å². The monoisotopic (exact) mass is 502 g/mol. The first-order valence-corrected chi connectivity index (χ1v) is 13.6. The van der Waals surface area contributed by atoms with E-state index in [1.165, 1.54) is 28.3 Å². The second-order valence-corrected chi connectivity index (χ2v) is 11.3. The van der Waals surface area contributed by atoms with E-state index in [9.17, 15) is 18.3 Å². The molecular formula is C24H26N2O6S2. The first-order valence-electron chi connectivity index (χ1n) is 10.9. The van der Waals surface area contributed by atoms with Gasteiger partial charge in [0.25, 0.3) is 5.91 Å². The number of benzene rings is 2. The summed E-state index contributed by atoms with van der Waals surface area (Å²) < 4.78 is 35.0. The standard InChI is InChI=1S/C24H26N2O6S2/c1-15(14-27)31-18-11-16(23(28)26-24-25-21-5-3-4-6-22(21)33-24)12-19(13-18)32-17-7-9-20(10-8-17)34(2,29)30/h7-13,15,27H,3-6,14H2,1-2H3,(H,25,26,28). The van der Waals surface area contributed by atoms with Gasteiger partial charge in [-0.1, -0.05) is 0 Å². The Bertz CT molecular complexity index is 1260. The molecule has 2 N–H and O–H groups in total. The fraction of sp³-hybridized carbons (Fsp3) is 0.333. The number of carbonyl (C=O) groups excluding carboxylic acids is 1. The minimum atomic E-state index is -3.32. The maximum Gasteiger partial charge on any atom is 0.257 e. The highest BCUT2D eigenvalue weighted by atomic mass is 32.2. The van der Waals surface area contributed by atoms with Gasteiger partial charge in [-0.3, -0.25) is 10.1 Å². The van der Waals surface area contributed by atoms with Crippen LogP contribution in [0.1, 0.15) is 40.7 Å². The average molecular weight is 503 g/mol. The Kier molecular flexibility index (Phi) is 7.20. The van der Waals surface area contributed by atoms with Gasteiger partial charge in [0.2, 0.25) is 0 Å². The zero-order valence-electron chi connectivity index (χ0n) is 18.9. The summed E-state index contributed by atoms with van der Waals surface area (Å²) in [7, 11) is -3.32. The van der Waals surface area contributed by atoms with E-state index >= 15 is 0 Å². The van der Waals surface area contributed by atoms with E-state index in [0.29, 0.717) is 27.9 Å². The van der Waals surface area contributed by atoms with Crippen LogP contribution in [0.3, 0.4) is 0 Å². The topological polar surface area (TPSA) is 115 Å². The van der Waals surface area contributed by atoms with Crippen molar-refractivity contribution in [2.75, 3.05) is 18.2 Å². The van der Waals surface area contributed by atoms with Crippen LogP contribution in [0.25, 0.3) is 0 Å². The number of aromatic nitrogens is 1. The molecule has 1 aromatic heterocycles. The molecule has 2 aromatic carbocycles. The molecule has 1 unspecified atom stereocenters. The van der Waals surface area contributed by atoms with Crippen molar-refractivity contribution in [2.24, 2.45) is 0 Å². The van der Waals surface area contributed by atoms with Gasteiger partial charge in [-0.05, 0) is 69.0 Å². The maximum atomic E-state index is 13.0. The van der Waals surface area contributed by atoms with Gasteiger partial charge in [0.05, 0.1) is 17.2 Å². The number of aliphatic hydroxyl groups excluding tert-OH is 1. The molecule has 1 amide bonds. The molecule has 0 saturated carbocycles. The van der Waals surface area contributed by atoms with Crippen molar-refractivity contribution in [1.29, 1.82) is 0 Å². The number of fused-ring (bicyclic) bond motifs is 1. The number of amides is 1. The molecule has 1 aliphatic carbocycles. The summed E-state index contributed by atoms with van der Waals surface area (Å²) >= 11 is 1.50. The molecular weight excluding hydrogens is 476 g/mol. The number of sulfone groups is 1. The molecule has 1 heterocycles. The van der Waals surface area contributed by atoms with Crippen LogP contribution >= 0.6 is 11.3 Å². The van der Waals surface area contributed by atoms with Crippen molar-refractivity contribution in [3.63, 3.8) is 0 Å². The van der Waals surface area contributed by atoms with E-state index in [1.807, 2.05) is 0 Å². The third-order valence-corrected chi connectivity index (χ3v) is 7.49. The number of hydrogen-bond donors (Lipinski definition) is 2. The van der Waals surface area contributed by atoms with Crippen molar-refractivity contribution in [3.8, 4) is 17.2 Å². The Labute approximate surface area is 202 Å². The highest BCUT2D eigenvalue weighted by molar-refractivity contribution is 7.90. The lowest BCUT2D eigenvalue weighted by Crippen LogP contribution is -2.17. The first kappa shape index (κ1) is 24.2. The molecule has 0 spiro atoms. The Hall–Kier alpha value is -2.95. The van der Waals surface area contributed by atoms with Gasteiger partial charge in [0.1, 0.15) is 23.4 Å². The van der Waals surface area contributed by atoms with Crippen LogP contribution < -0.4 is 14.8 Å². The number of anilines is 1. The number of aliphatic hydroxyl groups is 1. The number of aryl methyl sites for hydroxylation is 2. The number of hydrogen-bond acceptors (Lipinski definition) is 8. The van der Waals surface area contributed by atoms with E-state index < -0.39 is 15.9 Å². The van der Waals surface area contributed by atoms with E-state index in [0.717, 1.165) is 37.6 Å². The van der Waals surface area contributed by atoms with Crippen LogP contribution in [0.4, 0.5) is 5.13 Å². The maximum absolute atomic E-state index is 13.0. The lowest BCUT2D eigenvalue weighted by molar-refractivity contribution is 0.102. The summed E-state index contributed by atoms with van der Waals surface area (Å²) in [6, 6.07) is 10.8. The smallest absolute Gasteiger partial charge is 0.257 e. The predicted octanol–water partition coefficient (Wildman–Crippen LogP) is 4.23. The molecule has 4 rings (SSSR count). The first-order chi connectivity index (χ1) is 16.2. The summed E-state index contributed by atoms with van der Waals surface area (Å²) in [6.07, 6.45) is 4.82. The van der Waals surface area contributed by atoms with Crippen LogP contribution in [0, 0.1) is 0 Å². The summed E-state index contributed by atoms with van der Waals surface area (Å²) in [4.78, 5) is 19.0. The summed E-state index contributed by atoms with van der Waals surface area (Å²) in [5.41, 5.74) is 1.36. The van der Waals surface area contributed by atoms with E-state index in [1.54, 1.807) is 37.3 Å². The Morgan fingerprint density at radius 1 is 1.12 bits per heavy atom. The number of carbonyl (C=O) groups is 1. The molecule has 0 saturated heterocycles. The zero-order valence-corrected chi connectivity index (χ0v) is 20.5. The molecule has 0 aliphatic heterocycles. The van der Waals surface area contributed by atoms with Gasteiger partial charge in [-0.2, -0.15) is 0 Å². The fourth-order valence-electron chi connectivity index (χ4n) is 3.57. The molecule has 1 atom stereocenters. The van der Waals surface area contributed by atoms with Crippen LogP contribution in [-0.2, 0) is 22.7 Å². The largest absolute Gasteiger partial charge is 0.488 e. The Morgan fingerprint density at radius 3 is 2.50 bits per heavy atom. The number of ether oxygens (including phenoxy) is 2. The van der Waals surface area contributed by atoms with Gasteiger partial charge < -0.3 is 14.6 Å². The molecule has 8 nitrogen and oxygen atoms in total. The highest BCUT2D eigenvalue weighted by Gasteiger charge is 2.18. The molecule has 34 heavy (non-hydrogen) atoms. The SMILES string of the molecule is CC(CO)Oc1cc(Oc2ccc(S(C)(=O)=O)cc2)cc(C(=O)Nc2nc3c(s2)CCCC3)c1. The number of thiazole rings is 1. The van der Waals surface area contributed by atoms with Gasteiger partial charge in [0.15, 0.2) is 15.0 Å². The minimum absolute atomic E-state index is 0.180. The normalized spacial score (nSPS) is 14.2. The molecule has 0 bridgehead atoms. The second kappa shape index (κ2) is 10.1. The Balaban J connectivity index is 1.58. The third kappa shape index (κ3) is 5.94. The molecule has 1 aliphatic rings. The second-order valence-electron chi connectivity index (χ2n) is 8.20. The van der Waals surface area contributed by atoms with Crippen molar-refractivity contribution in [2.45, 2.75) is 43.6 Å². The van der Waals surface area contributed by atoms with Crippen LogP contribution in [0.5, 0.6) is 17.2 Å². The minimum Gasteiger partial charge on any atom is -0.488 e. The summed E-state index contributed by atoms with van der Waals surface area (Å²) in [6.45, 7) is 1.52. The van der Waals surface area contributed by atoms with Gasteiger partial charge >= 0.3 is 0 Å². The quantitative estimate of drug-likeness (QED) is 0.474. The summed E-state index contributed by atoms with van der Waals surface area (Å²) in [5.74, 6) is 0.734. The Morgan fingerprint density at radius 2 is 1.82 bits per heavy atom. The van der Waals surface area contributed by atoms with Gasteiger partial charge in [0, 0.05) is 22.8 Å². The van der Waals surface area contributed by atoms with Crippen molar-refractivity contribution < 1.29 is 27.8 Å². The van der Waals surface area contributed by atoms with E-state index in [4.69, 9.17) is 9.47 Å². The van der Waals surface area contributed by atoms with Crippen molar-refractivity contribution in [3.05, 3.63) is 58.6 Å². The molecule has 3 aromatic rings. The predicted molar refractivity (Wildman–Crippen MR) is 130 cm³/mol. The van der Waals surface area contributed by atoms with Crippen LogP contribution in [-0.4, -0.2) is 43.4 Å². The third-order valence-electron chi connectivity index (χ3n) is 5.29. The van der Waals surface area contributed by atoms with E-state index in [2.05, 4.69) is 10.3 Å². The van der Waals surface area contributed by atoms with Crippen molar-refractivity contribution >= 4 is 32.2 Å².